The molecule has 2 amide bonds. The van der Waals surface area contributed by atoms with Gasteiger partial charge in [-0.25, -0.2) is 19.7 Å². The number of nitrogens with zero attached hydrogens (tertiary/aromatic N) is 4. The fourth-order valence-corrected chi connectivity index (χ4v) is 7.21. The average molecular weight is 812 g/mol. The molecule has 2 fully saturated rings. The van der Waals surface area contributed by atoms with Crippen LogP contribution in [0.3, 0.4) is 0 Å². The molecule has 7 rings (SSSR count). The van der Waals surface area contributed by atoms with Crippen molar-refractivity contribution < 1.29 is 47.7 Å². The van der Waals surface area contributed by atoms with Crippen LogP contribution in [0, 0.1) is 0 Å². The quantitative estimate of drug-likeness (QED) is 0.100. The van der Waals surface area contributed by atoms with Gasteiger partial charge >= 0.3 is 17.9 Å². The highest BCUT2D eigenvalue weighted by Crippen LogP contribution is 2.44. The van der Waals surface area contributed by atoms with Gasteiger partial charge < -0.3 is 18.9 Å². The lowest BCUT2D eigenvalue weighted by molar-refractivity contribution is -0.334. The molecule has 3 aromatic carbocycles. The zero-order valence-corrected chi connectivity index (χ0v) is 31.7. The Bertz CT molecular complexity index is 2230. The molecule has 282 valence electrons. The molecular weight excluding hydrogens is 776 g/mol. The number of carbonyl (C=O) groups is 5. The Hall–Kier alpha value is -5.61. The topological polar surface area (TPSA) is 165 Å². The first-order valence-electron chi connectivity index (χ1n) is 17.3. The number of aromatic nitrogens is 3. The summed E-state index contributed by atoms with van der Waals surface area (Å²) in [5.41, 5.74) is -0.116. The smallest absolute Gasteiger partial charge is 0.342 e. The number of benzene rings is 3. The summed E-state index contributed by atoms with van der Waals surface area (Å²) in [4.78, 5) is 77.2. The minimum atomic E-state index is -1.72. The van der Waals surface area contributed by atoms with Gasteiger partial charge in [0.1, 0.15) is 29.6 Å². The summed E-state index contributed by atoms with van der Waals surface area (Å²) in [5.74, 6) is -5.03. The molecule has 14 nitrogen and oxygen atoms in total. The van der Waals surface area contributed by atoms with Crippen LogP contribution in [0.1, 0.15) is 70.4 Å². The molecule has 15 heteroatoms. The normalized spacial score (nSPS) is 23.0. The molecule has 2 aliphatic rings. The van der Waals surface area contributed by atoms with Crippen molar-refractivity contribution in [2.45, 2.75) is 62.4 Å². The van der Waals surface area contributed by atoms with E-state index in [9.17, 15) is 24.0 Å². The second kappa shape index (κ2) is 14.9. The Balaban J connectivity index is 1.37. The minimum absolute atomic E-state index is 0.0249. The standard InChI is InChI=1S/C40H35BrN4O10/c1-23(46)52-33-29(41)28(21-51-40(4)54-38(50)39(2,3)55-40)53-32(33)27-20-44(35(47)24-14-8-5-9-15-24)31-30(27)42-22-43-34(31)45(36(48)25-16-10-6-11-17-25)37(49)26-18-12-7-13-19-26/h5-20,22,28-29,32-33H,21H2,1-4H3/t28-,29+,32+,33-,40?/m1/s1. The predicted molar refractivity (Wildman–Crippen MR) is 199 cm³/mol. The molecule has 2 saturated heterocycles. The van der Waals surface area contributed by atoms with Gasteiger partial charge in [0.2, 0.25) is 0 Å². The van der Waals surface area contributed by atoms with Crippen molar-refractivity contribution in [3.05, 3.63) is 126 Å². The van der Waals surface area contributed by atoms with Crippen LogP contribution in [0.15, 0.2) is 104 Å². The molecule has 0 saturated carbocycles. The van der Waals surface area contributed by atoms with Crippen LogP contribution in [-0.2, 0) is 33.3 Å². The summed E-state index contributed by atoms with van der Waals surface area (Å²) in [5, 5.41) is 0. The number of hydrogen-bond acceptors (Lipinski definition) is 12. The number of amides is 2. The van der Waals surface area contributed by atoms with Gasteiger partial charge in [0.25, 0.3) is 17.7 Å². The lowest BCUT2D eigenvalue weighted by Gasteiger charge is -2.25. The number of rotatable bonds is 9. The molecule has 0 bridgehead atoms. The Morgan fingerprint density at radius 2 is 1.42 bits per heavy atom. The fourth-order valence-electron chi connectivity index (χ4n) is 6.55. The molecule has 2 aliphatic heterocycles. The third-order valence-corrected chi connectivity index (χ3v) is 10.2. The highest BCUT2D eigenvalue weighted by molar-refractivity contribution is 9.09. The summed E-state index contributed by atoms with van der Waals surface area (Å²) in [6.45, 7) is 5.64. The summed E-state index contributed by atoms with van der Waals surface area (Å²) < 4.78 is 30.6. The van der Waals surface area contributed by atoms with Gasteiger partial charge in [0.05, 0.1) is 17.5 Å². The van der Waals surface area contributed by atoms with Gasteiger partial charge in [0, 0.05) is 42.3 Å². The summed E-state index contributed by atoms with van der Waals surface area (Å²) >= 11 is 3.63. The van der Waals surface area contributed by atoms with Crippen LogP contribution >= 0.6 is 15.9 Å². The lowest BCUT2D eigenvalue weighted by atomic mass is 10.0. The Morgan fingerprint density at radius 1 is 0.855 bits per heavy atom. The molecule has 55 heavy (non-hydrogen) atoms. The maximum absolute atomic E-state index is 14.4. The molecule has 0 aliphatic carbocycles. The third-order valence-electron chi connectivity index (χ3n) is 9.10. The molecule has 2 aromatic heterocycles. The summed E-state index contributed by atoms with van der Waals surface area (Å²) in [7, 11) is 0. The molecule has 5 aromatic rings. The van der Waals surface area contributed by atoms with E-state index in [1.165, 1.54) is 30.9 Å². The van der Waals surface area contributed by atoms with Crippen molar-refractivity contribution in [1.82, 2.24) is 14.5 Å². The second-order valence-corrected chi connectivity index (χ2v) is 14.5. The number of esters is 2. The van der Waals surface area contributed by atoms with E-state index in [4.69, 9.17) is 23.7 Å². The number of cyclic esters (lactones) is 1. The number of imide groups is 1. The zero-order valence-electron chi connectivity index (χ0n) is 30.1. The molecule has 1 unspecified atom stereocenters. The van der Waals surface area contributed by atoms with E-state index >= 15 is 0 Å². The maximum atomic E-state index is 14.4. The Kier molecular flexibility index (Phi) is 10.2. The van der Waals surface area contributed by atoms with Gasteiger partial charge in [-0.2, -0.15) is 0 Å². The molecular formula is C40H35BrN4O10. The maximum Gasteiger partial charge on any atom is 0.342 e. The number of fused-ring (bicyclic) bond motifs is 1. The van der Waals surface area contributed by atoms with Crippen molar-refractivity contribution in [3.8, 4) is 0 Å². The van der Waals surface area contributed by atoms with E-state index in [0.29, 0.717) is 0 Å². The molecule has 0 radical (unpaired) electrons. The Morgan fingerprint density at radius 3 is 1.95 bits per heavy atom. The first-order chi connectivity index (χ1) is 26.3. The first-order valence-corrected chi connectivity index (χ1v) is 18.2. The van der Waals surface area contributed by atoms with E-state index in [1.807, 2.05) is 0 Å². The third kappa shape index (κ3) is 7.31. The van der Waals surface area contributed by atoms with E-state index in [0.717, 1.165) is 4.90 Å². The first kappa shape index (κ1) is 37.7. The highest BCUT2D eigenvalue weighted by Gasteiger charge is 2.54. The van der Waals surface area contributed by atoms with Crippen LogP contribution in [0.4, 0.5) is 5.82 Å². The second-order valence-electron chi connectivity index (χ2n) is 13.5. The van der Waals surface area contributed by atoms with Gasteiger partial charge in [-0.1, -0.05) is 70.5 Å². The minimum Gasteiger partial charge on any atom is -0.458 e. The largest absolute Gasteiger partial charge is 0.458 e. The van der Waals surface area contributed by atoms with Crippen molar-refractivity contribution in [1.29, 1.82) is 0 Å². The molecule has 0 N–H and O–H groups in total. The molecule has 0 spiro atoms. The number of ether oxygens (including phenoxy) is 5. The van der Waals surface area contributed by atoms with Crippen LogP contribution in [-0.4, -0.2) is 79.4 Å². The Labute approximate surface area is 323 Å². The number of halogens is 1. The number of anilines is 1. The van der Waals surface area contributed by atoms with Crippen LogP contribution < -0.4 is 4.90 Å². The molecule has 5 atom stereocenters. The van der Waals surface area contributed by atoms with Crippen molar-refractivity contribution >= 4 is 62.4 Å². The van der Waals surface area contributed by atoms with Gasteiger partial charge in [0.15, 0.2) is 11.4 Å². The van der Waals surface area contributed by atoms with Crippen LogP contribution in [0.2, 0.25) is 0 Å². The van der Waals surface area contributed by atoms with E-state index in [-0.39, 0.29) is 45.7 Å². The SMILES string of the molecule is CC(=O)O[C@@H]1[C@@H](Br)[C@@H](COC2(C)OC(=O)C(C)(C)O2)O[C@H]1c1cn(C(=O)c2ccccc2)c2c(N(C(=O)c3ccccc3)C(=O)c3ccccc3)ncnc12. The fraction of sp³-hybridized carbons (Fsp3) is 0.275. The van der Waals surface area contributed by atoms with E-state index in [2.05, 4.69) is 25.9 Å². The van der Waals surface area contributed by atoms with E-state index in [1.54, 1.807) is 105 Å². The van der Waals surface area contributed by atoms with Gasteiger partial charge in [-0.15, -0.1) is 0 Å². The summed E-state index contributed by atoms with van der Waals surface area (Å²) in [6.07, 6.45) is -0.238. The molecule has 4 heterocycles. The van der Waals surface area contributed by atoms with Crippen molar-refractivity contribution in [2.75, 3.05) is 11.5 Å². The number of hydrogen-bond donors (Lipinski definition) is 0. The predicted octanol–water partition coefficient (Wildman–Crippen LogP) is 5.78. The van der Waals surface area contributed by atoms with Gasteiger partial charge in [-0.05, 0) is 50.2 Å². The van der Waals surface area contributed by atoms with E-state index < -0.39 is 64.4 Å². The monoisotopic (exact) mass is 810 g/mol. The van der Waals surface area contributed by atoms with Crippen LogP contribution in [0.5, 0.6) is 0 Å². The zero-order chi connectivity index (χ0) is 39.1. The van der Waals surface area contributed by atoms with Gasteiger partial charge in [-0.3, -0.25) is 28.5 Å². The van der Waals surface area contributed by atoms with Crippen LogP contribution in [0.25, 0.3) is 11.0 Å². The number of carbonyl (C=O) groups excluding carboxylic acids is 5. The van der Waals surface area contributed by atoms with Crippen molar-refractivity contribution in [2.24, 2.45) is 0 Å². The average Bonchev–Trinajstić information content (AvgIpc) is 3.78. The van der Waals surface area contributed by atoms with Crippen molar-refractivity contribution in [3.63, 3.8) is 0 Å². The lowest BCUT2D eigenvalue weighted by Crippen LogP contribution is -2.38. The summed E-state index contributed by atoms with van der Waals surface area (Å²) in [6, 6.07) is 24.8. The highest BCUT2D eigenvalue weighted by atomic mass is 79.9. The number of alkyl halides is 1.